The lowest BCUT2D eigenvalue weighted by atomic mass is 10.0. The summed E-state index contributed by atoms with van der Waals surface area (Å²) in [6.45, 7) is 1.68. The number of nitrogens with two attached hydrogens (primary N) is 1. The molecule has 0 amide bonds. The molecule has 164 valence electrons. The second-order valence-corrected chi connectivity index (χ2v) is 8.64. The van der Waals surface area contributed by atoms with Gasteiger partial charge >= 0.3 is 5.97 Å². The van der Waals surface area contributed by atoms with Gasteiger partial charge in [0.25, 0.3) is 0 Å². The molecule has 3 rings (SSSR count). The van der Waals surface area contributed by atoms with Gasteiger partial charge in [0.15, 0.2) is 0 Å². The molecule has 0 spiro atoms. The maximum absolute atomic E-state index is 14.2. The molecule has 10 heteroatoms. The van der Waals surface area contributed by atoms with Crippen LogP contribution in [0.5, 0.6) is 0 Å². The average molecular weight is 447 g/mol. The van der Waals surface area contributed by atoms with E-state index in [-0.39, 0.29) is 23.5 Å². The maximum atomic E-state index is 14.2. The molecule has 0 fully saturated rings. The smallest absolute Gasteiger partial charge is 0.337 e. The number of carbonyl (C=O) groups excluding carboxylic acids is 1. The number of sulfonamides is 1. The van der Waals surface area contributed by atoms with E-state index in [9.17, 15) is 17.6 Å². The van der Waals surface area contributed by atoms with Crippen molar-refractivity contribution in [3.8, 4) is 11.1 Å². The second-order valence-electron chi connectivity index (χ2n) is 6.75. The number of nitrogens with zero attached hydrogens (tertiary/aromatic N) is 2. The molecule has 0 bridgehead atoms. The van der Waals surface area contributed by atoms with Crippen LogP contribution in [0.15, 0.2) is 53.2 Å². The zero-order chi connectivity index (χ0) is 22.8. The Morgan fingerprint density at radius 2 is 2.06 bits per heavy atom. The standard InChI is InChI=1S/C21H23FN4O4S/c1-13-25-20-18(14-5-4-6-17(9-14)31(28,29)24-2)10-15(21(27)30-3)11-19(20)26(13)12-16(22)7-8-23/h4-7,9-11,24H,8,12,23H2,1-3H3/b16-7-. The van der Waals surface area contributed by atoms with Crippen molar-refractivity contribution < 1.29 is 22.3 Å². The van der Waals surface area contributed by atoms with Gasteiger partial charge in [-0.3, -0.25) is 0 Å². The van der Waals surface area contributed by atoms with Gasteiger partial charge in [0.1, 0.15) is 11.7 Å². The van der Waals surface area contributed by atoms with Crippen LogP contribution < -0.4 is 10.5 Å². The van der Waals surface area contributed by atoms with Crippen LogP contribution in [-0.2, 0) is 21.3 Å². The summed E-state index contributed by atoms with van der Waals surface area (Å²) < 4.78 is 47.5. The number of esters is 1. The predicted octanol–water partition coefficient (Wildman–Crippen LogP) is 2.52. The number of ether oxygens (including phenoxy) is 1. The van der Waals surface area contributed by atoms with Crippen LogP contribution in [0.1, 0.15) is 16.2 Å². The lowest BCUT2D eigenvalue weighted by Crippen LogP contribution is -2.18. The first kappa shape index (κ1) is 22.6. The number of imidazole rings is 1. The number of hydrogen-bond acceptors (Lipinski definition) is 6. The van der Waals surface area contributed by atoms with Gasteiger partial charge in [0, 0.05) is 12.1 Å². The van der Waals surface area contributed by atoms with Crippen molar-refractivity contribution in [2.75, 3.05) is 20.7 Å². The average Bonchev–Trinajstić information content (AvgIpc) is 3.07. The van der Waals surface area contributed by atoms with E-state index in [1.807, 2.05) is 0 Å². The maximum Gasteiger partial charge on any atom is 0.337 e. The fourth-order valence-corrected chi connectivity index (χ4v) is 4.06. The molecule has 0 atom stereocenters. The highest BCUT2D eigenvalue weighted by Gasteiger charge is 2.20. The number of hydrogen-bond donors (Lipinski definition) is 2. The highest BCUT2D eigenvalue weighted by atomic mass is 32.2. The van der Waals surface area contributed by atoms with Gasteiger partial charge in [-0.15, -0.1) is 0 Å². The highest BCUT2D eigenvalue weighted by Crippen LogP contribution is 2.32. The molecule has 0 saturated heterocycles. The van der Waals surface area contributed by atoms with Gasteiger partial charge in [-0.25, -0.2) is 27.3 Å². The number of aromatic nitrogens is 2. The summed E-state index contributed by atoms with van der Waals surface area (Å²) in [6, 6.07) is 9.44. The molecule has 31 heavy (non-hydrogen) atoms. The predicted molar refractivity (Wildman–Crippen MR) is 116 cm³/mol. The van der Waals surface area contributed by atoms with E-state index in [1.165, 1.54) is 32.4 Å². The van der Waals surface area contributed by atoms with Gasteiger partial charge in [-0.1, -0.05) is 12.1 Å². The molecule has 3 N–H and O–H groups in total. The molecule has 0 unspecified atom stereocenters. The van der Waals surface area contributed by atoms with E-state index in [2.05, 4.69) is 9.71 Å². The third-order valence-corrected chi connectivity index (χ3v) is 6.25. The van der Waals surface area contributed by atoms with Gasteiger partial charge in [0.05, 0.1) is 35.1 Å². The Labute approximate surface area is 179 Å². The SMILES string of the molecule is CNS(=O)(=O)c1cccc(-c2cc(C(=O)OC)cc3c2nc(C)n3C/C(F)=C/CN)c1. The van der Waals surface area contributed by atoms with Crippen LogP contribution >= 0.6 is 0 Å². The summed E-state index contributed by atoms with van der Waals surface area (Å²) in [5.41, 5.74) is 7.70. The number of allylic oxidation sites excluding steroid dienone is 1. The topological polar surface area (TPSA) is 116 Å². The van der Waals surface area contributed by atoms with Gasteiger partial charge in [-0.05, 0) is 49.9 Å². The monoisotopic (exact) mass is 446 g/mol. The summed E-state index contributed by atoms with van der Waals surface area (Å²) in [5, 5.41) is 0. The molecule has 1 aromatic heterocycles. The largest absolute Gasteiger partial charge is 0.465 e. The third-order valence-electron chi connectivity index (χ3n) is 4.84. The number of benzene rings is 2. The minimum Gasteiger partial charge on any atom is -0.465 e. The first-order chi connectivity index (χ1) is 14.7. The Hall–Kier alpha value is -3.08. The van der Waals surface area contributed by atoms with Crippen molar-refractivity contribution in [1.82, 2.24) is 14.3 Å². The molecular weight excluding hydrogens is 423 g/mol. The second kappa shape index (κ2) is 8.96. The summed E-state index contributed by atoms with van der Waals surface area (Å²) in [4.78, 5) is 16.9. The van der Waals surface area contributed by atoms with Crippen LogP contribution in [-0.4, -0.2) is 44.6 Å². The molecule has 0 aliphatic carbocycles. The summed E-state index contributed by atoms with van der Waals surface area (Å²) in [5.74, 6) is -0.486. The number of halogens is 1. The van der Waals surface area contributed by atoms with Crippen LogP contribution in [0.25, 0.3) is 22.2 Å². The molecule has 0 aliphatic rings. The van der Waals surface area contributed by atoms with Crippen molar-refractivity contribution in [2.45, 2.75) is 18.4 Å². The van der Waals surface area contributed by atoms with Crippen LogP contribution in [0.3, 0.4) is 0 Å². The van der Waals surface area contributed by atoms with E-state index < -0.39 is 21.8 Å². The minimum absolute atomic E-state index is 0.0584. The van der Waals surface area contributed by atoms with E-state index in [1.54, 1.807) is 35.8 Å². The van der Waals surface area contributed by atoms with Gasteiger partial charge in [0.2, 0.25) is 10.0 Å². The number of nitrogens with one attached hydrogen (secondary N) is 1. The Balaban J connectivity index is 2.30. The van der Waals surface area contributed by atoms with Crippen LogP contribution in [0.4, 0.5) is 4.39 Å². The molecule has 0 saturated carbocycles. The normalized spacial score (nSPS) is 12.4. The molecule has 1 heterocycles. The number of rotatable bonds is 7. The van der Waals surface area contributed by atoms with E-state index in [0.29, 0.717) is 28.0 Å². The Kier molecular flexibility index (Phi) is 6.54. The van der Waals surface area contributed by atoms with Crippen LogP contribution in [0, 0.1) is 6.92 Å². The lowest BCUT2D eigenvalue weighted by molar-refractivity contribution is 0.0601. The summed E-state index contributed by atoms with van der Waals surface area (Å²) >= 11 is 0. The van der Waals surface area contributed by atoms with E-state index in [4.69, 9.17) is 10.5 Å². The number of aryl methyl sites for hydroxylation is 1. The molecule has 2 aromatic carbocycles. The fourth-order valence-electron chi connectivity index (χ4n) is 3.29. The minimum atomic E-state index is -3.67. The van der Waals surface area contributed by atoms with E-state index in [0.717, 1.165) is 0 Å². The molecule has 8 nitrogen and oxygen atoms in total. The van der Waals surface area contributed by atoms with Crippen molar-refractivity contribution in [1.29, 1.82) is 0 Å². The molecule has 0 radical (unpaired) electrons. The lowest BCUT2D eigenvalue weighted by Gasteiger charge is -2.10. The zero-order valence-electron chi connectivity index (χ0n) is 17.3. The van der Waals surface area contributed by atoms with Crippen molar-refractivity contribution in [3.63, 3.8) is 0 Å². The Morgan fingerprint density at radius 1 is 1.32 bits per heavy atom. The summed E-state index contributed by atoms with van der Waals surface area (Å²) in [7, 11) is -1.09. The van der Waals surface area contributed by atoms with Gasteiger partial charge < -0.3 is 15.0 Å². The van der Waals surface area contributed by atoms with Crippen LogP contribution in [0.2, 0.25) is 0 Å². The highest BCUT2D eigenvalue weighted by molar-refractivity contribution is 7.89. The van der Waals surface area contributed by atoms with Crippen molar-refractivity contribution in [3.05, 3.63) is 59.7 Å². The first-order valence-corrected chi connectivity index (χ1v) is 10.9. The number of fused-ring (bicyclic) bond motifs is 1. The molecule has 0 aliphatic heterocycles. The van der Waals surface area contributed by atoms with Gasteiger partial charge in [-0.2, -0.15) is 0 Å². The quantitative estimate of drug-likeness (QED) is 0.539. The van der Waals surface area contributed by atoms with Crippen molar-refractivity contribution in [2.24, 2.45) is 5.73 Å². The number of carbonyl (C=O) groups is 1. The fraction of sp³-hybridized carbons (Fsp3) is 0.238. The van der Waals surface area contributed by atoms with E-state index >= 15 is 0 Å². The Bertz CT molecular complexity index is 1280. The Morgan fingerprint density at radius 3 is 2.71 bits per heavy atom. The zero-order valence-corrected chi connectivity index (χ0v) is 18.2. The molecular formula is C21H23FN4O4S. The third kappa shape index (κ3) is 4.50. The number of methoxy groups -OCH3 is 1. The van der Waals surface area contributed by atoms with Crippen molar-refractivity contribution >= 4 is 27.0 Å². The molecule has 3 aromatic rings. The summed E-state index contributed by atoms with van der Waals surface area (Å²) in [6.07, 6.45) is 1.27. The first-order valence-electron chi connectivity index (χ1n) is 9.39.